The van der Waals surface area contributed by atoms with Gasteiger partial charge in [-0.15, -0.1) is 24.0 Å². The van der Waals surface area contributed by atoms with Gasteiger partial charge in [-0.1, -0.05) is 51.4 Å². The minimum Gasteiger partial charge on any atom is -0.286 e. The Kier molecular flexibility index (Phi) is 9.89. The molecular formula is C32H57IN8Ni. The molecule has 9 rings (SSSR count). The van der Waals surface area contributed by atoms with Gasteiger partial charge in [0.05, 0.1) is 49.3 Å². The molecule has 8 unspecified atom stereocenters. The van der Waals surface area contributed by atoms with Crippen molar-refractivity contribution < 1.29 is 16.5 Å². The zero-order valence-corrected chi connectivity index (χ0v) is 28.6. The number of nitrogens with one attached hydrogen (secondary N) is 8. The normalized spacial score (nSPS) is 54.9. The Morgan fingerprint density at radius 2 is 0.357 bits per heavy atom. The largest absolute Gasteiger partial charge is 0.286 e. The Balaban J connectivity index is 0.00000144. The minimum atomic E-state index is 0. The molecule has 0 spiro atoms. The van der Waals surface area contributed by atoms with Crippen LogP contribution in [0.3, 0.4) is 0 Å². The summed E-state index contributed by atoms with van der Waals surface area (Å²) >= 11 is 0. The Bertz CT molecular complexity index is 723. The second kappa shape index (κ2) is 13.2. The smallest absolute Gasteiger partial charge is 0.0628 e. The molecule has 0 aromatic heterocycles. The SMILES string of the molecule is C1CCC2C3NC(NC4NC(NC5NC(NC6NC(N3)C3CCCCC63)C3CCCCC53)C3CCCCC43)C2C1.I.[Ni]. The molecule has 4 aliphatic carbocycles. The van der Waals surface area contributed by atoms with E-state index in [0.29, 0.717) is 49.3 Å². The maximum Gasteiger partial charge on any atom is 0.0628 e. The predicted octanol–water partition coefficient (Wildman–Crippen LogP) is 3.22. The van der Waals surface area contributed by atoms with Gasteiger partial charge in [-0.2, -0.15) is 0 Å². The van der Waals surface area contributed by atoms with Gasteiger partial charge in [-0.05, 0) is 98.7 Å². The zero-order chi connectivity index (χ0) is 26.2. The molecule has 8 nitrogen and oxygen atoms in total. The minimum absolute atomic E-state index is 0. The van der Waals surface area contributed by atoms with Gasteiger partial charge in [0.1, 0.15) is 0 Å². The molecule has 5 heterocycles. The number of hydrogen-bond acceptors (Lipinski definition) is 8. The molecule has 9 aliphatic rings. The summed E-state index contributed by atoms with van der Waals surface area (Å²) in [5.41, 5.74) is 0. The second-order valence-corrected chi connectivity index (χ2v) is 15.6. The molecule has 10 heteroatoms. The van der Waals surface area contributed by atoms with E-state index in [1.165, 1.54) is 103 Å². The second-order valence-electron chi connectivity index (χ2n) is 15.6. The van der Waals surface area contributed by atoms with E-state index in [2.05, 4.69) is 42.5 Å². The molecule has 4 saturated carbocycles. The standard InChI is InChI=1S/C32H56N8.HI.Ni/c1-2-10-18-17(9-1)25-33-26(18)38-28-21-13-5-6-14-22(21)30(35-28)40-32-24-16-8-7-15-23(24)31(36-32)39-29-20-12-4-3-11-19(20)27(34-29)37-25;;/h17-40H,1-16H2;1H;. The molecule has 42 heavy (non-hydrogen) atoms. The molecule has 0 radical (unpaired) electrons. The Morgan fingerprint density at radius 3 is 0.476 bits per heavy atom. The van der Waals surface area contributed by atoms with Crippen molar-refractivity contribution in [3.63, 3.8) is 0 Å². The maximum absolute atomic E-state index is 4.26. The Morgan fingerprint density at radius 1 is 0.238 bits per heavy atom. The summed E-state index contributed by atoms with van der Waals surface area (Å²) < 4.78 is 0. The van der Waals surface area contributed by atoms with E-state index in [4.69, 9.17) is 0 Å². The van der Waals surface area contributed by atoms with Crippen molar-refractivity contribution >= 4 is 24.0 Å². The molecule has 0 aromatic rings. The molecular weight excluding hydrogens is 682 g/mol. The summed E-state index contributed by atoms with van der Waals surface area (Å²) in [6, 6.07) is 0. The zero-order valence-electron chi connectivity index (χ0n) is 25.3. The molecule has 9 fully saturated rings. The Labute approximate surface area is 281 Å². The van der Waals surface area contributed by atoms with Gasteiger partial charge >= 0.3 is 0 Å². The average molecular weight is 739 g/mol. The third-order valence-electron chi connectivity index (χ3n) is 13.8. The quantitative estimate of drug-likeness (QED) is 0.142. The van der Waals surface area contributed by atoms with E-state index in [0.717, 1.165) is 47.3 Å². The topological polar surface area (TPSA) is 96.2 Å². The van der Waals surface area contributed by atoms with Gasteiger partial charge in [0.15, 0.2) is 0 Å². The molecule has 0 amide bonds. The van der Waals surface area contributed by atoms with Crippen LogP contribution in [0.4, 0.5) is 0 Å². The first-order valence-electron chi connectivity index (χ1n) is 17.9. The number of rotatable bonds is 0. The fraction of sp³-hybridized carbons (Fsp3) is 1.00. The summed E-state index contributed by atoms with van der Waals surface area (Å²) in [5, 5.41) is 33.8. The molecule has 5 aliphatic heterocycles. The van der Waals surface area contributed by atoms with Crippen LogP contribution in [0.5, 0.6) is 0 Å². The summed E-state index contributed by atoms with van der Waals surface area (Å²) in [5.74, 6) is 5.97. The van der Waals surface area contributed by atoms with E-state index in [-0.39, 0.29) is 40.5 Å². The third-order valence-corrected chi connectivity index (χ3v) is 13.8. The van der Waals surface area contributed by atoms with E-state index in [1.54, 1.807) is 0 Å². The average Bonchev–Trinajstić information content (AvgIpc) is 3.73. The van der Waals surface area contributed by atoms with Gasteiger partial charge in [-0.3, -0.25) is 42.5 Å². The van der Waals surface area contributed by atoms with Crippen LogP contribution in [0.15, 0.2) is 0 Å². The third kappa shape index (κ3) is 5.49. The van der Waals surface area contributed by atoms with Crippen LogP contribution in [0.2, 0.25) is 0 Å². The first-order chi connectivity index (χ1) is 19.8. The van der Waals surface area contributed by atoms with Gasteiger partial charge in [0.2, 0.25) is 0 Å². The molecule has 242 valence electrons. The van der Waals surface area contributed by atoms with Crippen molar-refractivity contribution in [3.05, 3.63) is 0 Å². The summed E-state index contributed by atoms with van der Waals surface area (Å²) in [7, 11) is 0. The molecule has 8 bridgehead atoms. The van der Waals surface area contributed by atoms with Gasteiger partial charge in [0, 0.05) is 16.5 Å². The molecule has 0 aromatic carbocycles. The van der Waals surface area contributed by atoms with Crippen LogP contribution in [0, 0.1) is 47.3 Å². The van der Waals surface area contributed by atoms with Crippen LogP contribution in [0.1, 0.15) is 103 Å². The first-order valence-corrected chi connectivity index (χ1v) is 17.9. The van der Waals surface area contributed by atoms with Gasteiger partial charge < -0.3 is 0 Å². The van der Waals surface area contributed by atoms with Crippen molar-refractivity contribution in [1.82, 2.24) is 42.5 Å². The van der Waals surface area contributed by atoms with Crippen LogP contribution in [-0.2, 0) is 16.5 Å². The number of halogens is 1. The first kappa shape index (κ1) is 31.5. The van der Waals surface area contributed by atoms with Gasteiger partial charge in [0.25, 0.3) is 0 Å². The molecule has 5 saturated heterocycles. The monoisotopic (exact) mass is 738 g/mol. The summed E-state index contributed by atoms with van der Waals surface area (Å²) in [6.07, 6.45) is 25.6. The van der Waals surface area contributed by atoms with Gasteiger partial charge in [-0.25, -0.2) is 0 Å². The van der Waals surface area contributed by atoms with E-state index >= 15 is 0 Å². The summed E-state index contributed by atoms with van der Waals surface area (Å²) in [6.45, 7) is 0. The van der Waals surface area contributed by atoms with Crippen molar-refractivity contribution in [2.24, 2.45) is 47.3 Å². The predicted molar refractivity (Wildman–Crippen MR) is 173 cm³/mol. The maximum atomic E-state index is 4.26. The summed E-state index contributed by atoms with van der Waals surface area (Å²) in [4.78, 5) is 0. The fourth-order valence-electron chi connectivity index (χ4n) is 12.0. The van der Waals surface area contributed by atoms with Crippen molar-refractivity contribution in [2.75, 3.05) is 0 Å². The van der Waals surface area contributed by atoms with Crippen molar-refractivity contribution in [2.45, 2.75) is 152 Å². The van der Waals surface area contributed by atoms with Crippen LogP contribution in [0.25, 0.3) is 0 Å². The van der Waals surface area contributed by atoms with Crippen LogP contribution < -0.4 is 42.5 Å². The number of hydrogen-bond donors (Lipinski definition) is 8. The van der Waals surface area contributed by atoms with E-state index in [9.17, 15) is 0 Å². The van der Waals surface area contributed by atoms with E-state index < -0.39 is 0 Å². The fourth-order valence-corrected chi connectivity index (χ4v) is 12.0. The van der Waals surface area contributed by atoms with Crippen LogP contribution in [-0.4, -0.2) is 49.3 Å². The van der Waals surface area contributed by atoms with E-state index in [1.807, 2.05) is 0 Å². The molecule has 8 atom stereocenters. The number of fused-ring (bicyclic) bond motifs is 20. The van der Waals surface area contributed by atoms with Crippen LogP contribution >= 0.6 is 24.0 Å². The molecule has 8 N–H and O–H groups in total. The Hall–Kier alpha value is 0.904. The van der Waals surface area contributed by atoms with Crippen molar-refractivity contribution in [1.29, 1.82) is 0 Å². The van der Waals surface area contributed by atoms with Crippen molar-refractivity contribution in [3.8, 4) is 0 Å².